The molecule has 23 heavy (non-hydrogen) atoms. The molecule has 2 rings (SSSR count). The van der Waals surface area contributed by atoms with Gasteiger partial charge in [0.25, 0.3) is 0 Å². The molecule has 0 N–H and O–H groups in total. The Morgan fingerprint density at radius 2 is 2.00 bits per heavy atom. The molecule has 0 radical (unpaired) electrons. The summed E-state index contributed by atoms with van der Waals surface area (Å²) in [5, 5.41) is 0. The fourth-order valence-corrected chi connectivity index (χ4v) is 3.04. The number of amides is 2. The van der Waals surface area contributed by atoms with Gasteiger partial charge in [-0.15, -0.1) is 0 Å². The van der Waals surface area contributed by atoms with E-state index >= 15 is 0 Å². The van der Waals surface area contributed by atoms with Gasteiger partial charge in [0.15, 0.2) is 0 Å². The number of nitrogens with zero attached hydrogens (tertiary/aromatic N) is 2. The maximum Gasteiger partial charge on any atom is 0.228 e. The van der Waals surface area contributed by atoms with Crippen LogP contribution in [0.2, 0.25) is 0 Å². The molecule has 1 fully saturated rings. The third-order valence-corrected chi connectivity index (χ3v) is 4.73. The molecule has 1 heterocycles. The summed E-state index contributed by atoms with van der Waals surface area (Å²) in [7, 11) is 3.46. The Hall–Kier alpha value is -2.04. The van der Waals surface area contributed by atoms with Crippen molar-refractivity contribution >= 4 is 11.8 Å². The van der Waals surface area contributed by atoms with Gasteiger partial charge in [-0.3, -0.25) is 9.59 Å². The lowest BCUT2D eigenvalue weighted by atomic mass is 9.87. The molecule has 0 bridgehead atoms. The van der Waals surface area contributed by atoms with Crippen molar-refractivity contribution in [3.05, 3.63) is 29.8 Å². The van der Waals surface area contributed by atoms with Crippen LogP contribution in [-0.4, -0.2) is 54.9 Å². The topological polar surface area (TPSA) is 49.9 Å². The van der Waals surface area contributed by atoms with Crippen LogP contribution in [0.1, 0.15) is 32.3 Å². The summed E-state index contributed by atoms with van der Waals surface area (Å²) in [6, 6.07) is 7.92. The summed E-state index contributed by atoms with van der Waals surface area (Å²) in [5.41, 5.74) is 1.05. The third kappa shape index (κ3) is 3.66. The number of rotatable bonds is 4. The van der Waals surface area contributed by atoms with Gasteiger partial charge in [0.2, 0.25) is 11.8 Å². The van der Waals surface area contributed by atoms with Crippen LogP contribution in [0, 0.1) is 5.92 Å². The molecule has 0 spiro atoms. The highest BCUT2D eigenvalue weighted by molar-refractivity contribution is 5.83. The van der Waals surface area contributed by atoms with Crippen LogP contribution in [-0.2, 0) is 9.59 Å². The molecular formula is C18H26N2O3. The van der Waals surface area contributed by atoms with Gasteiger partial charge in [0, 0.05) is 39.0 Å². The summed E-state index contributed by atoms with van der Waals surface area (Å²) in [5.74, 6) is 0.672. The summed E-state index contributed by atoms with van der Waals surface area (Å²) < 4.78 is 5.29. The largest absolute Gasteiger partial charge is 0.497 e. The maximum atomic E-state index is 12.8. The zero-order valence-electron chi connectivity index (χ0n) is 14.6. The Balaban J connectivity index is 2.32. The first-order valence-electron chi connectivity index (χ1n) is 8.01. The van der Waals surface area contributed by atoms with Crippen molar-refractivity contribution in [3.8, 4) is 5.75 Å². The second-order valence-electron chi connectivity index (χ2n) is 6.46. The standard InChI is InChI=1S/C18H26N2O3/c1-12(2)19(4)18(22)17-11-20(13(3)21)10-16(17)14-7-6-8-15(9-14)23-5/h6-9,12,16-17H,10-11H2,1-5H3. The van der Waals surface area contributed by atoms with Crippen LogP contribution < -0.4 is 4.74 Å². The monoisotopic (exact) mass is 318 g/mol. The van der Waals surface area contributed by atoms with Crippen LogP contribution in [0.5, 0.6) is 5.75 Å². The zero-order valence-corrected chi connectivity index (χ0v) is 14.6. The van der Waals surface area contributed by atoms with E-state index in [4.69, 9.17) is 4.74 Å². The van der Waals surface area contributed by atoms with E-state index in [1.807, 2.05) is 45.2 Å². The number of benzene rings is 1. The minimum Gasteiger partial charge on any atom is -0.497 e. The Morgan fingerprint density at radius 3 is 2.57 bits per heavy atom. The number of ether oxygens (including phenoxy) is 1. The molecule has 1 saturated heterocycles. The first-order chi connectivity index (χ1) is 10.8. The Labute approximate surface area is 138 Å². The van der Waals surface area contributed by atoms with Gasteiger partial charge in [-0.25, -0.2) is 0 Å². The molecular weight excluding hydrogens is 292 g/mol. The van der Waals surface area contributed by atoms with E-state index in [1.54, 1.807) is 23.8 Å². The molecule has 5 nitrogen and oxygen atoms in total. The number of likely N-dealkylation sites (tertiary alicyclic amines) is 1. The minimum absolute atomic E-state index is 0.00250. The van der Waals surface area contributed by atoms with Crippen molar-refractivity contribution in [2.45, 2.75) is 32.7 Å². The van der Waals surface area contributed by atoms with Crippen molar-refractivity contribution in [2.24, 2.45) is 5.92 Å². The Morgan fingerprint density at radius 1 is 1.30 bits per heavy atom. The van der Waals surface area contributed by atoms with Crippen molar-refractivity contribution < 1.29 is 14.3 Å². The molecule has 0 saturated carbocycles. The van der Waals surface area contributed by atoms with E-state index in [-0.39, 0.29) is 29.7 Å². The highest BCUT2D eigenvalue weighted by atomic mass is 16.5. The van der Waals surface area contributed by atoms with E-state index in [9.17, 15) is 9.59 Å². The maximum absolute atomic E-state index is 12.8. The highest BCUT2D eigenvalue weighted by Crippen LogP contribution is 2.35. The predicted molar refractivity (Wildman–Crippen MR) is 89.4 cm³/mol. The second kappa shape index (κ2) is 7.02. The smallest absolute Gasteiger partial charge is 0.228 e. The van der Waals surface area contributed by atoms with Crippen LogP contribution in [0.4, 0.5) is 0 Å². The first-order valence-corrected chi connectivity index (χ1v) is 8.01. The predicted octanol–water partition coefficient (Wildman–Crippen LogP) is 2.12. The van der Waals surface area contributed by atoms with Crippen molar-refractivity contribution in [1.82, 2.24) is 9.80 Å². The molecule has 1 aromatic carbocycles. The summed E-state index contributed by atoms with van der Waals surface area (Å²) in [6.07, 6.45) is 0. The number of hydrogen-bond donors (Lipinski definition) is 0. The second-order valence-corrected chi connectivity index (χ2v) is 6.46. The van der Waals surface area contributed by atoms with Crippen LogP contribution in [0.3, 0.4) is 0 Å². The molecule has 1 aliphatic rings. The molecule has 0 aromatic heterocycles. The van der Waals surface area contributed by atoms with Gasteiger partial charge in [-0.05, 0) is 31.5 Å². The van der Waals surface area contributed by atoms with Crippen LogP contribution in [0.25, 0.3) is 0 Å². The summed E-state index contributed by atoms with van der Waals surface area (Å²) >= 11 is 0. The molecule has 0 aliphatic carbocycles. The van der Waals surface area contributed by atoms with Crippen LogP contribution >= 0.6 is 0 Å². The van der Waals surface area contributed by atoms with E-state index in [0.29, 0.717) is 13.1 Å². The quantitative estimate of drug-likeness (QED) is 0.854. The third-order valence-electron chi connectivity index (χ3n) is 4.73. The molecule has 2 atom stereocenters. The van der Waals surface area contributed by atoms with E-state index < -0.39 is 0 Å². The lowest BCUT2D eigenvalue weighted by Gasteiger charge is -2.27. The van der Waals surface area contributed by atoms with Crippen molar-refractivity contribution in [3.63, 3.8) is 0 Å². The first kappa shape index (κ1) is 17.3. The molecule has 126 valence electrons. The van der Waals surface area contributed by atoms with Gasteiger partial charge in [-0.1, -0.05) is 12.1 Å². The van der Waals surface area contributed by atoms with Gasteiger partial charge in [0.1, 0.15) is 5.75 Å². The average molecular weight is 318 g/mol. The normalized spacial score (nSPS) is 20.7. The summed E-state index contributed by atoms with van der Waals surface area (Å²) in [6.45, 7) is 6.60. The van der Waals surface area contributed by atoms with Gasteiger partial charge in [-0.2, -0.15) is 0 Å². The molecule has 5 heteroatoms. The van der Waals surface area contributed by atoms with Gasteiger partial charge < -0.3 is 14.5 Å². The molecule has 1 aliphatic heterocycles. The lowest BCUT2D eigenvalue weighted by Crippen LogP contribution is -2.40. The van der Waals surface area contributed by atoms with Crippen molar-refractivity contribution in [2.75, 3.05) is 27.2 Å². The minimum atomic E-state index is -0.210. The summed E-state index contributed by atoms with van der Waals surface area (Å²) in [4.78, 5) is 28.2. The number of carbonyl (C=O) groups is 2. The fourth-order valence-electron chi connectivity index (χ4n) is 3.04. The molecule has 1 aromatic rings. The lowest BCUT2D eigenvalue weighted by molar-refractivity contribution is -0.136. The SMILES string of the molecule is COc1cccc(C2CN(C(C)=O)CC2C(=O)N(C)C(C)C)c1. The number of methoxy groups -OCH3 is 1. The van der Waals surface area contributed by atoms with Gasteiger partial charge in [0.05, 0.1) is 13.0 Å². The van der Waals surface area contributed by atoms with E-state index in [2.05, 4.69) is 0 Å². The Bertz CT molecular complexity index is 585. The van der Waals surface area contributed by atoms with E-state index in [0.717, 1.165) is 11.3 Å². The van der Waals surface area contributed by atoms with Crippen LogP contribution in [0.15, 0.2) is 24.3 Å². The number of hydrogen-bond acceptors (Lipinski definition) is 3. The highest BCUT2D eigenvalue weighted by Gasteiger charge is 2.41. The van der Waals surface area contributed by atoms with E-state index in [1.165, 1.54) is 0 Å². The average Bonchev–Trinajstić information content (AvgIpc) is 2.98. The Kier molecular flexibility index (Phi) is 5.29. The fraction of sp³-hybridized carbons (Fsp3) is 0.556. The van der Waals surface area contributed by atoms with Gasteiger partial charge >= 0.3 is 0 Å². The molecule has 2 amide bonds. The number of carbonyl (C=O) groups excluding carboxylic acids is 2. The molecule has 2 unspecified atom stereocenters. The van der Waals surface area contributed by atoms with Crippen molar-refractivity contribution in [1.29, 1.82) is 0 Å². The zero-order chi connectivity index (χ0) is 17.1.